The number of nitrogens with one attached hydrogen (secondary N) is 1. The molecule has 28 heavy (non-hydrogen) atoms. The molecule has 7 heteroatoms. The molecule has 0 fully saturated rings. The predicted molar refractivity (Wildman–Crippen MR) is 108 cm³/mol. The molecular formula is C21H21N3O3S. The van der Waals surface area contributed by atoms with Crippen LogP contribution in [0.1, 0.15) is 23.6 Å². The molecule has 2 aromatic rings. The fourth-order valence-corrected chi connectivity index (χ4v) is 3.22. The number of nitrogens with zero attached hydrogens (tertiary/aromatic N) is 2. The summed E-state index contributed by atoms with van der Waals surface area (Å²) < 4.78 is 11.0. The van der Waals surface area contributed by atoms with E-state index in [1.165, 1.54) is 0 Å². The zero-order chi connectivity index (χ0) is 20.2. The smallest absolute Gasteiger partial charge is 0.257 e. The van der Waals surface area contributed by atoms with Gasteiger partial charge in [0.1, 0.15) is 0 Å². The van der Waals surface area contributed by atoms with Gasteiger partial charge in [-0.25, -0.2) is 0 Å². The highest BCUT2D eigenvalue weighted by Crippen LogP contribution is 2.28. The Morgan fingerprint density at radius 2 is 1.93 bits per heavy atom. The Kier molecular flexibility index (Phi) is 8.71. The molecule has 2 aromatic carbocycles. The van der Waals surface area contributed by atoms with Crippen molar-refractivity contribution in [3.8, 4) is 23.6 Å². The third-order valence-electron chi connectivity index (χ3n) is 3.70. The van der Waals surface area contributed by atoms with Gasteiger partial charge in [0.2, 0.25) is 0 Å². The van der Waals surface area contributed by atoms with Gasteiger partial charge in [0.25, 0.3) is 5.91 Å². The standard InChI is InChI=1S/C21H21N3O3S/c1-2-26-20-11-16(12-22)7-8-19(20)27-14-21(25)24-9-10-28-15-18-6-4-3-5-17(18)13-23/h3-8,11H,2,9-10,14-15H2,1H3,(H,24,25). The summed E-state index contributed by atoms with van der Waals surface area (Å²) >= 11 is 1.65. The van der Waals surface area contributed by atoms with Crippen molar-refractivity contribution in [3.05, 3.63) is 59.2 Å². The highest BCUT2D eigenvalue weighted by Gasteiger charge is 2.09. The summed E-state index contributed by atoms with van der Waals surface area (Å²) in [6.45, 7) is 2.65. The number of rotatable bonds is 10. The van der Waals surface area contributed by atoms with Crippen molar-refractivity contribution in [1.29, 1.82) is 10.5 Å². The Labute approximate surface area is 169 Å². The van der Waals surface area contributed by atoms with Crippen LogP contribution in [0.4, 0.5) is 0 Å². The van der Waals surface area contributed by atoms with Crippen LogP contribution in [0.2, 0.25) is 0 Å². The molecule has 0 aliphatic rings. The minimum absolute atomic E-state index is 0.131. The van der Waals surface area contributed by atoms with Crippen molar-refractivity contribution in [2.45, 2.75) is 12.7 Å². The predicted octanol–water partition coefficient (Wildman–Crippen LogP) is 3.26. The second kappa shape index (κ2) is 11.5. The number of carbonyl (C=O) groups is 1. The van der Waals surface area contributed by atoms with Gasteiger partial charge in [0, 0.05) is 24.1 Å². The molecule has 0 aliphatic heterocycles. The number of benzene rings is 2. The lowest BCUT2D eigenvalue weighted by atomic mass is 10.1. The van der Waals surface area contributed by atoms with Gasteiger partial charge in [0.15, 0.2) is 18.1 Å². The van der Waals surface area contributed by atoms with E-state index in [9.17, 15) is 4.79 Å². The average molecular weight is 395 g/mol. The summed E-state index contributed by atoms with van der Waals surface area (Å²) in [4.78, 5) is 12.0. The van der Waals surface area contributed by atoms with E-state index < -0.39 is 0 Å². The Morgan fingerprint density at radius 1 is 1.11 bits per heavy atom. The van der Waals surface area contributed by atoms with E-state index in [1.54, 1.807) is 36.0 Å². The summed E-state index contributed by atoms with van der Waals surface area (Å²) in [6.07, 6.45) is 0. The van der Waals surface area contributed by atoms with Gasteiger partial charge in [-0.3, -0.25) is 4.79 Å². The summed E-state index contributed by atoms with van der Waals surface area (Å²) in [5, 5.41) is 20.8. The Hall–Kier alpha value is -3.16. The highest BCUT2D eigenvalue weighted by molar-refractivity contribution is 7.98. The first-order chi connectivity index (χ1) is 13.7. The monoisotopic (exact) mass is 395 g/mol. The maximum atomic E-state index is 12.0. The van der Waals surface area contributed by atoms with E-state index in [1.807, 2.05) is 31.2 Å². The molecule has 0 spiro atoms. The first kappa shape index (κ1) is 21.1. The normalized spacial score (nSPS) is 9.82. The molecule has 0 aromatic heterocycles. The summed E-state index contributed by atoms with van der Waals surface area (Å²) in [5.41, 5.74) is 2.14. The number of thioether (sulfide) groups is 1. The van der Waals surface area contributed by atoms with Crippen molar-refractivity contribution < 1.29 is 14.3 Å². The van der Waals surface area contributed by atoms with E-state index >= 15 is 0 Å². The molecule has 0 radical (unpaired) electrons. The highest BCUT2D eigenvalue weighted by atomic mass is 32.2. The topological polar surface area (TPSA) is 95.1 Å². The summed E-state index contributed by atoms with van der Waals surface area (Å²) in [5.74, 6) is 2.09. The lowest BCUT2D eigenvalue weighted by Gasteiger charge is -2.12. The van der Waals surface area contributed by atoms with Crippen molar-refractivity contribution in [2.24, 2.45) is 0 Å². The van der Waals surface area contributed by atoms with Crippen LogP contribution in [-0.4, -0.2) is 31.4 Å². The van der Waals surface area contributed by atoms with Gasteiger partial charge in [-0.2, -0.15) is 22.3 Å². The van der Waals surface area contributed by atoms with Crippen LogP contribution < -0.4 is 14.8 Å². The van der Waals surface area contributed by atoms with Gasteiger partial charge < -0.3 is 14.8 Å². The van der Waals surface area contributed by atoms with E-state index in [4.69, 9.17) is 20.0 Å². The van der Waals surface area contributed by atoms with E-state index in [2.05, 4.69) is 11.4 Å². The molecule has 0 saturated heterocycles. The van der Waals surface area contributed by atoms with Crippen molar-refractivity contribution in [1.82, 2.24) is 5.32 Å². The van der Waals surface area contributed by atoms with Gasteiger partial charge in [0.05, 0.1) is 29.9 Å². The van der Waals surface area contributed by atoms with Crippen molar-refractivity contribution in [3.63, 3.8) is 0 Å². The molecule has 0 bridgehead atoms. The number of ether oxygens (including phenoxy) is 2. The molecule has 0 saturated carbocycles. The molecule has 0 aliphatic carbocycles. The van der Waals surface area contributed by atoms with Crippen LogP contribution in [0.25, 0.3) is 0 Å². The molecule has 0 heterocycles. The van der Waals surface area contributed by atoms with Crippen LogP contribution in [0.15, 0.2) is 42.5 Å². The van der Waals surface area contributed by atoms with Gasteiger partial charge in [-0.05, 0) is 30.7 Å². The molecule has 0 unspecified atom stereocenters. The molecule has 6 nitrogen and oxygen atoms in total. The van der Waals surface area contributed by atoms with Crippen molar-refractivity contribution in [2.75, 3.05) is 25.5 Å². The maximum absolute atomic E-state index is 12.0. The summed E-state index contributed by atoms with van der Waals surface area (Å²) in [7, 11) is 0. The quantitative estimate of drug-likeness (QED) is 0.621. The van der Waals surface area contributed by atoms with E-state index in [0.29, 0.717) is 35.8 Å². The lowest BCUT2D eigenvalue weighted by Crippen LogP contribution is -2.30. The number of amides is 1. The van der Waals surface area contributed by atoms with Crippen LogP contribution in [-0.2, 0) is 10.5 Å². The minimum atomic E-state index is -0.232. The maximum Gasteiger partial charge on any atom is 0.257 e. The van der Waals surface area contributed by atoms with Gasteiger partial charge in [-0.1, -0.05) is 18.2 Å². The van der Waals surface area contributed by atoms with Crippen LogP contribution >= 0.6 is 11.8 Å². The third kappa shape index (κ3) is 6.53. The Bertz CT molecular complexity index is 887. The Morgan fingerprint density at radius 3 is 2.68 bits per heavy atom. The van der Waals surface area contributed by atoms with Gasteiger partial charge in [-0.15, -0.1) is 0 Å². The van der Waals surface area contributed by atoms with Crippen molar-refractivity contribution >= 4 is 17.7 Å². The number of nitriles is 2. The second-order valence-electron chi connectivity index (χ2n) is 5.67. The Balaban J connectivity index is 1.72. The lowest BCUT2D eigenvalue weighted by molar-refractivity contribution is -0.122. The SMILES string of the molecule is CCOc1cc(C#N)ccc1OCC(=O)NCCSCc1ccccc1C#N. The largest absolute Gasteiger partial charge is 0.490 e. The first-order valence-electron chi connectivity index (χ1n) is 8.80. The fourth-order valence-electron chi connectivity index (χ4n) is 2.36. The van der Waals surface area contributed by atoms with E-state index in [-0.39, 0.29) is 12.5 Å². The van der Waals surface area contributed by atoms with Crippen LogP contribution in [0.5, 0.6) is 11.5 Å². The van der Waals surface area contributed by atoms with Crippen LogP contribution in [0, 0.1) is 22.7 Å². The third-order valence-corrected chi connectivity index (χ3v) is 4.70. The van der Waals surface area contributed by atoms with Crippen LogP contribution in [0.3, 0.4) is 0 Å². The zero-order valence-electron chi connectivity index (χ0n) is 15.6. The number of hydrogen-bond donors (Lipinski definition) is 1. The molecule has 1 amide bonds. The van der Waals surface area contributed by atoms with E-state index in [0.717, 1.165) is 17.1 Å². The number of carbonyl (C=O) groups excluding carboxylic acids is 1. The molecule has 0 atom stereocenters. The summed E-state index contributed by atoms with van der Waals surface area (Å²) in [6, 6.07) is 16.5. The molecule has 2 rings (SSSR count). The zero-order valence-corrected chi connectivity index (χ0v) is 16.4. The number of hydrogen-bond acceptors (Lipinski definition) is 6. The fraction of sp³-hybridized carbons (Fsp3) is 0.286. The van der Waals surface area contributed by atoms with Gasteiger partial charge >= 0.3 is 0 Å². The molecule has 144 valence electrons. The first-order valence-corrected chi connectivity index (χ1v) is 9.95. The molecular weight excluding hydrogens is 374 g/mol. The second-order valence-corrected chi connectivity index (χ2v) is 6.77. The molecule has 1 N–H and O–H groups in total. The minimum Gasteiger partial charge on any atom is -0.490 e. The average Bonchev–Trinajstić information content (AvgIpc) is 2.73.